The van der Waals surface area contributed by atoms with Gasteiger partial charge in [0, 0.05) is 17.1 Å². The van der Waals surface area contributed by atoms with Gasteiger partial charge in [0.05, 0.1) is 0 Å². The van der Waals surface area contributed by atoms with E-state index >= 15 is 0 Å². The van der Waals surface area contributed by atoms with Gasteiger partial charge in [0.25, 0.3) is 0 Å². The van der Waals surface area contributed by atoms with Gasteiger partial charge in [-0.1, -0.05) is 133 Å². The van der Waals surface area contributed by atoms with Gasteiger partial charge in [-0.2, -0.15) is 0 Å². The highest BCUT2D eigenvalue weighted by atomic mass is 15.1. The Morgan fingerprint density at radius 2 is 0.787 bits per heavy atom. The minimum Gasteiger partial charge on any atom is -0.310 e. The lowest BCUT2D eigenvalue weighted by Crippen LogP contribution is -2.09. The zero-order valence-electron chi connectivity index (χ0n) is 25.8. The number of nitrogens with zero attached hydrogens (tertiary/aromatic N) is 1. The molecule has 0 aliphatic rings. The van der Waals surface area contributed by atoms with E-state index in [1.165, 1.54) is 65.3 Å². The molecule has 0 N–H and O–H groups in total. The molecule has 0 amide bonds. The third-order valence-electron chi connectivity index (χ3n) is 9.38. The van der Waals surface area contributed by atoms with Crippen LogP contribution in [0.5, 0.6) is 0 Å². The molecule has 0 saturated carbocycles. The van der Waals surface area contributed by atoms with Crippen LogP contribution in [0.15, 0.2) is 188 Å². The van der Waals surface area contributed by atoms with Crippen molar-refractivity contribution in [2.45, 2.75) is 0 Å². The molecule has 0 aromatic heterocycles. The zero-order chi connectivity index (χ0) is 31.2. The number of benzene rings is 9. The van der Waals surface area contributed by atoms with E-state index in [2.05, 4.69) is 193 Å². The number of anilines is 3. The maximum absolute atomic E-state index is 2.35. The summed E-state index contributed by atoms with van der Waals surface area (Å²) in [6.45, 7) is 0. The van der Waals surface area contributed by atoms with E-state index in [1.54, 1.807) is 0 Å². The largest absolute Gasteiger partial charge is 0.310 e. The minimum atomic E-state index is 1.12. The van der Waals surface area contributed by atoms with Crippen molar-refractivity contribution in [1.82, 2.24) is 0 Å². The second-order valence-corrected chi connectivity index (χ2v) is 12.2. The van der Waals surface area contributed by atoms with Gasteiger partial charge in [-0.15, -0.1) is 0 Å². The molecule has 9 aromatic carbocycles. The average Bonchev–Trinajstić information content (AvgIpc) is 3.15. The summed E-state index contributed by atoms with van der Waals surface area (Å²) >= 11 is 0. The zero-order valence-corrected chi connectivity index (χ0v) is 25.8. The molecule has 0 unspecified atom stereocenters. The molecule has 0 aliphatic carbocycles. The molecule has 1 nitrogen and oxygen atoms in total. The molecule has 0 fully saturated rings. The van der Waals surface area contributed by atoms with E-state index < -0.39 is 0 Å². The first kappa shape index (κ1) is 27.2. The Morgan fingerprint density at radius 1 is 0.255 bits per heavy atom. The van der Waals surface area contributed by atoms with Crippen molar-refractivity contribution in [3.8, 4) is 22.3 Å². The van der Waals surface area contributed by atoms with Crippen LogP contribution in [0.25, 0.3) is 65.3 Å². The first-order valence-electron chi connectivity index (χ1n) is 16.2. The molecule has 47 heavy (non-hydrogen) atoms. The fourth-order valence-electron chi connectivity index (χ4n) is 7.04. The summed E-state index contributed by atoms with van der Waals surface area (Å²) in [7, 11) is 0. The van der Waals surface area contributed by atoms with Crippen LogP contribution in [-0.4, -0.2) is 0 Å². The molecule has 0 radical (unpaired) electrons. The van der Waals surface area contributed by atoms with Crippen LogP contribution >= 0.6 is 0 Å². The van der Waals surface area contributed by atoms with E-state index in [0.717, 1.165) is 17.1 Å². The maximum Gasteiger partial charge on any atom is 0.0468 e. The Balaban J connectivity index is 1.14. The summed E-state index contributed by atoms with van der Waals surface area (Å²) in [5, 5.41) is 10.1. The number of hydrogen-bond donors (Lipinski definition) is 0. The SMILES string of the molecule is c1ccc(N(c2ccc(-c3cc(-c4ccc5ccccc5c4)c4ccccc4c3)cc2)c2ccc3c(ccc4ccccc43)c2)cc1. The molecule has 0 saturated heterocycles. The molecule has 9 aromatic rings. The quantitative estimate of drug-likeness (QED) is 0.178. The lowest BCUT2D eigenvalue weighted by molar-refractivity contribution is 1.29. The van der Waals surface area contributed by atoms with Gasteiger partial charge in [0.1, 0.15) is 0 Å². The summed E-state index contributed by atoms with van der Waals surface area (Å²) < 4.78 is 0. The maximum atomic E-state index is 2.35. The number of fused-ring (bicyclic) bond motifs is 5. The molecule has 9 rings (SSSR count). The van der Waals surface area contributed by atoms with Crippen molar-refractivity contribution in [1.29, 1.82) is 0 Å². The smallest absolute Gasteiger partial charge is 0.0468 e. The number of hydrogen-bond acceptors (Lipinski definition) is 1. The van der Waals surface area contributed by atoms with Gasteiger partial charge in [-0.25, -0.2) is 0 Å². The Bertz CT molecular complexity index is 2560. The van der Waals surface area contributed by atoms with Crippen molar-refractivity contribution in [3.63, 3.8) is 0 Å². The third kappa shape index (κ3) is 4.90. The van der Waals surface area contributed by atoms with Crippen molar-refractivity contribution in [2.75, 3.05) is 4.90 Å². The molecule has 0 bridgehead atoms. The lowest BCUT2D eigenvalue weighted by atomic mass is 9.92. The van der Waals surface area contributed by atoms with E-state index in [9.17, 15) is 0 Å². The van der Waals surface area contributed by atoms with Crippen LogP contribution in [0.4, 0.5) is 17.1 Å². The fraction of sp³-hybridized carbons (Fsp3) is 0. The van der Waals surface area contributed by atoms with Crippen molar-refractivity contribution >= 4 is 60.2 Å². The second-order valence-electron chi connectivity index (χ2n) is 12.2. The first-order valence-corrected chi connectivity index (χ1v) is 16.2. The van der Waals surface area contributed by atoms with Gasteiger partial charge in [0.15, 0.2) is 0 Å². The summed E-state index contributed by atoms with van der Waals surface area (Å²) in [6, 6.07) is 68.3. The Kier molecular flexibility index (Phi) is 6.54. The van der Waals surface area contributed by atoms with Crippen LogP contribution in [0.3, 0.4) is 0 Å². The van der Waals surface area contributed by atoms with Crippen LogP contribution in [-0.2, 0) is 0 Å². The van der Waals surface area contributed by atoms with Crippen LogP contribution in [0, 0.1) is 0 Å². The monoisotopic (exact) mass is 597 g/mol. The van der Waals surface area contributed by atoms with Gasteiger partial charge >= 0.3 is 0 Å². The topological polar surface area (TPSA) is 3.24 Å². The van der Waals surface area contributed by atoms with Crippen LogP contribution in [0.1, 0.15) is 0 Å². The Morgan fingerprint density at radius 3 is 1.62 bits per heavy atom. The highest BCUT2D eigenvalue weighted by Crippen LogP contribution is 2.40. The predicted molar refractivity (Wildman–Crippen MR) is 202 cm³/mol. The normalized spacial score (nSPS) is 11.4. The molecule has 220 valence electrons. The molecule has 1 heteroatoms. The van der Waals surface area contributed by atoms with E-state index in [1.807, 2.05) is 0 Å². The minimum absolute atomic E-state index is 1.12. The van der Waals surface area contributed by atoms with Crippen LogP contribution < -0.4 is 4.90 Å². The average molecular weight is 598 g/mol. The Hall–Kier alpha value is -6.18. The first-order chi connectivity index (χ1) is 23.3. The Labute approximate surface area is 274 Å². The number of para-hydroxylation sites is 1. The van der Waals surface area contributed by atoms with E-state index in [-0.39, 0.29) is 0 Å². The highest BCUT2D eigenvalue weighted by Gasteiger charge is 2.15. The molecule has 0 heterocycles. The molecular weight excluding hydrogens is 567 g/mol. The standard InChI is InChI=1S/C46H31N/c1-2-14-40(15-3-1)47(42-26-27-45-38(30-42)21-19-34-11-6-8-16-43(34)45)41-24-22-33(23-25-41)39-29-36-13-7-9-17-44(36)46(31-39)37-20-18-32-10-4-5-12-35(32)28-37/h1-31H. The molecular formula is C46H31N. The van der Waals surface area contributed by atoms with Crippen molar-refractivity contribution < 1.29 is 0 Å². The molecule has 0 spiro atoms. The van der Waals surface area contributed by atoms with Gasteiger partial charge in [-0.3, -0.25) is 0 Å². The number of rotatable bonds is 5. The molecule has 0 aliphatic heterocycles. The highest BCUT2D eigenvalue weighted by molar-refractivity contribution is 6.08. The molecule has 0 atom stereocenters. The van der Waals surface area contributed by atoms with Crippen LogP contribution in [0.2, 0.25) is 0 Å². The third-order valence-corrected chi connectivity index (χ3v) is 9.38. The fourth-order valence-corrected chi connectivity index (χ4v) is 7.04. The summed E-state index contributed by atoms with van der Waals surface area (Å²) in [5.74, 6) is 0. The summed E-state index contributed by atoms with van der Waals surface area (Å²) in [5.41, 5.74) is 8.28. The summed E-state index contributed by atoms with van der Waals surface area (Å²) in [6.07, 6.45) is 0. The second kappa shape index (κ2) is 11.3. The van der Waals surface area contributed by atoms with Gasteiger partial charge < -0.3 is 4.90 Å². The predicted octanol–water partition coefficient (Wildman–Crippen LogP) is 13.1. The summed E-state index contributed by atoms with van der Waals surface area (Å²) in [4.78, 5) is 2.35. The van der Waals surface area contributed by atoms with Crippen molar-refractivity contribution in [3.05, 3.63) is 188 Å². The van der Waals surface area contributed by atoms with E-state index in [4.69, 9.17) is 0 Å². The van der Waals surface area contributed by atoms with E-state index in [0.29, 0.717) is 0 Å². The van der Waals surface area contributed by atoms with Crippen molar-refractivity contribution in [2.24, 2.45) is 0 Å². The lowest BCUT2D eigenvalue weighted by Gasteiger charge is -2.26. The van der Waals surface area contributed by atoms with Gasteiger partial charge in [-0.05, 0) is 120 Å². The van der Waals surface area contributed by atoms with Gasteiger partial charge in [0.2, 0.25) is 0 Å².